The highest BCUT2D eigenvalue weighted by Gasteiger charge is 2.03. The van der Waals surface area contributed by atoms with Gasteiger partial charge in [0.25, 0.3) is 0 Å². The molecule has 1 aromatic carbocycles. The molecule has 4 nitrogen and oxygen atoms in total. The summed E-state index contributed by atoms with van der Waals surface area (Å²) < 4.78 is 10.1. The molecular formula is C12H19NO3. The standard InChI is InChI=1S/C12H19NO3/c1-15-12(16-2)8-13-7-10-3-5-11(9-14)6-4-10/h3-6,12-14H,7-9H2,1-2H3. The Labute approximate surface area is 96.2 Å². The van der Waals surface area contributed by atoms with Gasteiger partial charge >= 0.3 is 0 Å². The maximum absolute atomic E-state index is 8.89. The van der Waals surface area contributed by atoms with E-state index in [-0.39, 0.29) is 12.9 Å². The van der Waals surface area contributed by atoms with Crippen molar-refractivity contribution < 1.29 is 14.6 Å². The van der Waals surface area contributed by atoms with Crippen LogP contribution in [0.3, 0.4) is 0 Å². The highest BCUT2D eigenvalue weighted by atomic mass is 16.7. The van der Waals surface area contributed by atoms with Crippen molar-refractivity contribution in [2.24, 2.45) is 0 Å². The van der Waals surface area contributed by atoms with Crippen LogP contribution in [-0.2, 0) is 22.6 Å². The average Bonchev–Trinajstić information content (AvgIpc) is 2.35. The van der Waals surface area contributed by atoms with E-state index < -0.39 is 0 Å². The number of methoxy groups -OCH3 is 2. The number of ether oxygens (including phenoxy) is 2. The first-order valence-electron chi connectivity index (χ1n) is 5.25. The molecule has 4 heteroatoms. The Morgan fingerprint density at radius 3 is 2.19 bits per heavy atom. The van der Waals surface area contributed by atoms with Crippen molar-refractivity contribution in [3.05, 3.63) is 35.4 Å². The molecule has 0 aliphatic carbocycles. The molecule has 0 atom stereocenters. The second-order valence-corrected chi connectivity index (χ2v) is 3.51. The van der Waals surface area contributed by atoms with Crippen LogP contribution in [0.4, 0.5) is 0 Å². The fraction of sp³-hybridized carbons (Fsp3) is 0.500. The third-order valence-corrected chi connectivity index (χ3v) is 2.37. The Hall–Kier alpha value is -0.940. The van der Waals surface area contributed by atoms with Crippen molar-refractivity contribution in [1.82, 2.24) is 5.32 Å². The Kier molecular flexibility index (Phi) is 6.03. The van der Waals surface area contributed by atoms with E-state index in [0.29, 0.717) is 6.54 Å². The second-order valence-electron chi connectivity index (χ2n) is 3.51. The number of nitrogens with one attached hydrogen (secondary N) is 1. The topological polar surface area (TPSA) is 50.7 Å². The summed E-state index contributed by atoms with van der Waals surface area (Å²) >= 11 is 0. The van der Waals surface area contributed by atoms with E-state index in [4.69, 9.17) is 14.6 Å². The van der Waals surface area contributed by atoms with Crippen molar-refractivity contribution in [1.29, 1.82) is 0 Å². The minimum Gasteiger partial charge on any atom is -0.392 e. The van der Waals surface area contributed by atoms with Crippen molar-refractivity contribution >= 4 is 0 Å². The summed E-state index contributed by atoms with van der Waals surface area (Å²) in [5, 5.41) is 12.1. The molecule has 2 N–H and O–H groups in total. The first-order valence-corrected chi connectivity index (χ1v) is 5.25. The van der Waals surface area contributed by atoms with Gasteiger partial charge in [-0.2, -0.15) is 0 Å². The molecule has 0 aliphatic heterocycles. The molecular weight excluding hydrogens is 206 g/mol. The third-order valence-electron chi connectivity index (χ3n) is 2.37. The number of hydrogen-bond acceptors (Lipinski definition) is 4. The Bertz CT molecular complexity index is 283. The first-order chi connectivity index (χ1) is 7.80. The number of aliphatic hydroxyl groups is 1. The second kappa shape index (κ2) is 7.35. The molecule has 0 aromatic heterocycles. The summed E-state index contributed by atoms with van der Waals surface area (Å²) in [5.74, 6) is 0. The maximum atomic E-state index is 8.89. The highest BCUT2D eigenvalue weighted by Crippen LogP contribution is 2.04. The van der Waals surface area contributed by atoms with Gasteiger partial charge in [-0.15, -0.1) is 0 Å². The number of hydrogen-bond donors (Lipinski definition) is 2. The summed E-state index contributed by atoms with van der Waals surface area (Å²) in [6, 6.07) is 7.82. The fourth-order valence-corrected chi connectivity index (χ4v) is 1.36. The third kappa shape index (κ3) is 4.28. The number of benzene rings is 1. The molecule has 1 aromatic rings. The van der Waals surface area contributed by atoms with Crippen LogP contribution in [0.2, 0.25) is 0 Å². The van der Waals surface area contributed by atoms with Gasteiger partial charge in [0.2, 0.25) is 0 Å². The average molecular weight is 225 g/mol. The van der Waals surface area contributed by atoms with Gasteiger partial charge in [0.15, 0.2) is 6.29 Å². The number of rotatable bonds is 7. The van der Waals surface area contributed by atoms with Gasteiger partial charge in [0.1, 0.15) is 0 Å². The molecule has 0 unspecified atom stereocenters. The molecule has 90 valence electrons. The van der Waals surface area contributed by atoms with Crippen molar-refractivity contribution in [3.8, 4) is 0 Å². The monoisotopic (exact) mass is 225 g/mol. The fourth-order valence-electron chi connectivity index (χ4n) is 1.36. The van der Waals surface area contributed by atoms with E-state index in [1.54, 1.807) is 14.2 Å². The predicted molar refractivity (Wildman–Crippen MR) is 61.9 cm³/mol. The van der Waals surface area contributed by atoms with E-state index >= 15 is 0 Å². The van der Waals surface area contributed by atoms with Crippen LogP contribution in [0.25, 0.3) is 0 Å². The largest absolute Gasteiger partial charge is 0.392 e. The summed E-state index contributed by atoms with van der Waals surface area (Å²) in [4.78, 5) is 0. The van der Waals surface area contributed by atoms with Gasteiger partial charge in [-0.1, -0.05) is 24.3 Å². The van der Waals surface area contributed by atoms with Crippen LogP contribution in [0.15, 0.2) is 24.3 Å². The van der Waals surface area contributed by atoms with Crippen LogP contribution in [0.1, 0.15) is 11.1 Å². The summed E-state index contributed by atoms with van der Waals surface area (Å²) in [6.07, 6.45) is -0.211. The van der Waals surface area contributed by atoms with Crippen molar-refractivity contribution in [2.45, 2.75) is 19.4 Å². The van der Waals surface area contributed by atoms with Gasteiger partial charge in [0.05, 0.1) is 6.61 Å². The SMILES string of the molecule is COC(CNCc1ccc(CO)cc1)OC. The van der Waals surface area contributed by atoms with E-state index in [1.807, 2.05) is 24.3 Å². The molecule has 16 heavy (non-hydrogen) atoms. The quantitative estimate of drug-likeness (QED) is 0.677. The summed E-state index contributed by atoms with van der Waals surface area (Å²) in [6.45, 7) is 1.49. The van der Waals surface area contributed by atoms with Crippen LogP contribution >= 0.6 is 0 Å². The number of aliphatic hydroxyl groups excluding tert-OH is 1. The molecule has 0 saturated heterocycles. The smallest absolute Gasteiger partial charge is 0.169 e. The predicted octanol–water partition coefficient (Wildman–Crippen LogP) is 0.887. The Morgan fingerprint density at radius 1 is 1.12 bits per heavy atom. The molecule has 0 saturated carbocycles. The lowest BCUT2D eigenvalue weighted by Gasteiger charge is -2.14. The van der Waals surface area contributed by atoms with E-state index in [1.165, 1.54) is 5.56 Å². The van der Waals surface area contributed by atoms with Crippen molar-refractivity contribution in [3.63, 3.8) is 0 Å². The van der Waals surface area contributed by atoms with Crippen LogP contribution in [0.5, 0.6) is 0 Å². The lowest BCUT2D eigenvalue weighted by Crippen LogP contribution is -2.29. The summed E-state index contributed by atoms with van der Waals surface area (Å²) in [7, 11) is 3.23. The van der Waals surface area contributed by atoms with Gasteiger partial charge in [0, 0.05) is 27.3 Å². The van der Waals surface area contributed by atoms with E-state index in [0.717, 1.165) is 12.1 Å². The van der Waals surface area contributed by atoms with Crippen LogP contribution in [-0.4, -0.2) is 32.2 Å². The Balaban J connectivity index is 2.31. The molecule has 0 heterocycles. The van der Waals surface area contributed by atoms with Gasteiger partial charge in [-0.25, -0.2) is 0 Å². The van der Waals surface area contributed by atoms with Gasteiger partial charge in [-0.3, -0.25) is 0 Å². The lowest BCUT2D eigenvalue weighted by molar-refractivity contribution is -0.0989. The first kappa shape index (κ1) is 13.1. The van der Waals surface area contributed by atoms with Crippen molar-refractivity contribution in [2.75, 3.05) is 20.8 Å². The van der Waals surface area contributed by atoms with Crippen LogP contribution in [0, 0.1) is 0 Å². The van der Waals surface area contributed by atoms with Gasteiger partial charge in [-0.05, 0) is 11.1 Å². The molecule has 0 radical (unpaired) electrons. The van der Waals surface area contributed by atoms with Crippen LogP contribution < -0.4 is 5.32 Å². The molecule has 0 spiro atoms. The molecule has 1 rings (SSSR count). The highest BCUT2D eigenvalue weighted by molar-refractivity contribution is 5.21. The molecule has 0 bridgehead atoms. The zero-order chi connectivity index (χ0) is 11.8. The molecule has 0 aliphatic rings. The lowest BCUT2D eigenvalue weighted by atomic mass is 10.1. The summed E-state index contributed by atoms with van der Waals surface area (Å²) in [5.41, 5.74) is 2.10. The normalized spacial score (nSPS) is 11.0. The van der Waals surface area contributed by atoms with Gasteiger partial charge < -0.3 is 19.9 Å². The zero-order valence-corrected chi connectivity index (χ0v) is 9.77. The maximum Gasteiger partial charge on any atom is 0.169 e. The van der Waals surface area contributed by atoms with E-state index in [2.05, 4.69) is 5.32 Å². The molecule has 0 amide bonds. The zero-order valence-electron chi connectivity index (χ0n) is 9.77. The molecule has 0 fully saturated rings. The minimum atomic E-state index is -0.211. The Morgan fingerprint density at radius 2 is 1.69 bits per heavy atom. The van der Waals surface area contributed by atoms with E-state index in [9.17, 15) is 0 Å². The minimum absolute atomic E-state index is 0.0864.